The first-order valence-electron chi connectivity index (χ1n) is 7.70. The van der Waals surface area contributed by atoms with Crippen molar-refractivity contribution in [2.75, 3.05) is 44.3 Å². The largest absolute Gasteiger partial charge is 0.545 e. The van der Waals surface area contributed by atoms with Gasteiger partial charge in [0.05, 0.1) is 24.2 Å². The van der Waals surface area contributed by atoms with Gasteiger partial charge in [0.2, 0.25) is 10.0 Å². The lowest BCUT2D eigenvalue weighted by Crippen LogP contribution is -2.38. The van der Waals surface area contributed by atoms with Gasteiger partial charge in [0, 0.05) is 37.4 Å². The van der Waals surface area contributed by atoms with Crippen LogP contribution in [0.25, 0.3) is 0 Å². The molecule has 0 aliphatic carbocycles. The number of rotatable bonds is 6. The normalized spacial score (nSPS) is 15.8. The fourth-order valence-electron chi connectivity index (χ4n) is 2.67. The molecule has 0 radical (unpaired) electrons. The number of benzene rings is 1. The molecule has 1 aromatic rings. The van der Waals surface area contributed by atoms with Crippen LogP contribution in [0.5, 0.6) is 0 Å². The van der Waals surface area contributed by atoms with Gasteiger partial charge < -0.3 is 19.5 Å². The molecule has 9 heteroatoms. The summed E-state index contributed by atoms with van der Waals surface area (Å²) >= 11 is 6.19. The highest BCUT2D eigenvalue weighted by molar-refractivity contribution is 7.89. The Morgan fingerprint density at radius 2 is 1.88 bits per heavy atom. The Labute approximate surface area is 146 Å². The number of carbonyl (C=O) groups excluding carboxylic acids is 1. The maximum absolute atomic E-state index is 12.7. The molecule has 24 heavy (non-hydrogen) atoms. The second kappa shape index (κ2) is 7.69. The summed E-state index contributed by atoms with van der Waals surface area (Å²) in [6, 6.07) is 2.48. The highest BCUT2D eigenvalue weighted by atomic mass is 35.5. The number of carboxylic acid groups (broad SMARTS) is 1. The molecule has 2 rings (SSSR count). The van der Waals surface area contributed by atoms with Crippen LogP contribution < -0.4 is 10.0 Å². The van der Waals surface area contributed by atoms with Crippen LogP contribution in [0.4, 0.5) is 5.69 Å². The van der Waals surface area contributed by atoms with Gasteiger partial charge in [-0.3, -0.25) is 0 Å². The zero-order valence-electron chi connectivity index (χ0n) is 13.6. The number of carboxylic acids is 1. The molecule has 1 aliphatic heterocycles. The molecule has 1 aromatic carbocycles. The number of halogens is 1. The highest BCUT2D eigenvalue weighted by Gasteiger charge is 2.27. The standard InChI is InChI=1S/C15H21ClN2O5S/c1-3-18(4-2)24(21,22)14-9-11(15(19)20)13(10-12(14)16)17-5-7-23-8-6-17/h9-10H,3-8H2,1-2H3,(H,19,20)/p-1. The van der Waals surface area contributed by atoms with Crippen molar-refractivity contribution in [1.82, 2.24) is 4.31 Å². The van der Waals surface area contributed by atoms with Crippen molar-refractivity contribution >= 4 is 33.3 Å². The van der Waals surface area contributed by atoms with Crippen LogP contribution >= 0.6 is 11.6 Å². The van der Waals surface area contributed by atoms with Crippen LogP contribution in [0, 0.1) is 0 Å². The molecule has 0 amide bonds. The summed E-state index contributed by atoms with van der Waals surface area (Å²) in [5, 5.41) is 11.5. The molecule has 0 saturated carbocycles. The van der Waals surface area contributed by atoms with Crippen molar-refractivity contribution in [3.05, 3.63) is 22.7 Å². The summed E-state index contributed by atoms with van der Waals surface area (Å²) in [6.07, 6.45) is 0. The lowest BCUT2D eigenvalue weighted by Gasteiger charge is -2.31. The molecule has 1 aliphatic rings. The monoisotopic (exact) mass is 375 g/mol. The summed E-state index contributed by atoms with van der Waals surface area (Å²) in [5.41, 5.74) is 0.161. The molecule has 7 nitrogen and oxygen atoms in total. The number of aromatic carboxylic acids is 1. The molecular weight excluding hydrogens is 356 g/mol. The number of hydrogen-bond donors (Lipinski definition) is 0. The Kier molecular flexibility index (Phi) is 6.08. The van der Waals surface area contributed by atoms with E-state index in [0.717, 1.165) is 6.07 Å². The van der Waals surface area contributed by atoms with Crippen molar-refractivity contribution in [3.63, 3.8) is 0 Å². The first-order chi connectivity index (χ1) is 11.3. The molecule has 0 aromatic heterocycles. The van der Waals surface area contributed by atoms with Crippen molar-refractivity contribution in [2.24, 2.45) is 0 Å². The Morgan fingerprint density at radius 1 is 1.29 bits per heavy atom. The van der Waals surface area contributed by atoms with Crippen LogP contribution in [-0.4, -0.2) is 58.1 Å². The minimum absolute atomic E-state index is 0.00612. The SMILES string of the molecule is CCN(CC)S(=O)(=O)c1cc(C(=O)[O-])c(N2CCOCC2)cc1Cl. The first kappa shape index (κ1) is 19.0. The van der Waals surface area contributed by atoms with E-state index in [1.807, 2.05) is 0 Å². The van der Waals surface area contributed by atoms with Crippen molar-refractivity contribution in [2.45, 2.75) is 18.7 Å². The fraction of sp³-hybridized carbons (Fsp3) is 0.533. The number of nitrogens with zero attached hydrogens (tertiary/aromatic N) is 2. The molecule has 1 heterocycles. The molecule has 0 bridgehead atoms. The van der Waals surface area contributed by atoms with Crippen molar-refractivity contribution < 1.29 is 23.1 Å². The van der Waals surface area contributed by atoms with Gasteiger partial charge >= 0.3 is 0 Å². The van der Waals surface area contributed by atoms with Crippen molar-refractivity contribution in [3.8, 4) is 0 Å². The van der Waals surface area contributed by atoms with E-state index in [4.69, 9.17) is 16.3 Å². The first-order valence-corrected chi connectivity index (χ1v) is 9.52. The lowest BCUT2D eigenvalue weighted by atomic mass is 10.1. The minimum Gasteiger partial charge on any atom is -0.545 e. The number of carbonyl (C=O) groups is 1. The molecule has 134 valence electrons. The van der Waals surface area contributed by atoms with E-state index < -0.39 is 16.0 Å². The predicted molar refractivity (Wildman–Crippen MR) is 88.9 cm³/mol. The molecule has 0 unspecified atom stereocenters. The number of sulfonamides is 1. The second-order valence-electron chi connectivity index (χ2n) is 5.28. The maximum atomic E-state index is 12.7. The van der Waals surface area contributed by atoms with Gasteiger partial charge in [-0.15, -0.1) is 0 Å². The van der Waals surface area contributed by atoms with E-state index >= 15 is 0 Å². The summed E-state index contributed by atoms with van der Waals surface area (Å²) < 4.78 is 31.8. The topological polar surface area (TPSA) is 90.0 Å². The van der Waals surface area contributed by atoms with Gasteiger partial charge in [-0.05, 0) is 12.1 Å². The van der Waals surface area contributed by atoms with Crippen LogP contribution in [-0.2, 0) is 14.8 Å². The average Bonchev–Trinajstić information content (AvgIpc) is 2.55. The zero-order valence-corrected chi connectivity index (χ0v) is 15.2. The Morgan fingerprint density at radius 3 is 2.38 bits per heavy atom. The third-order valence-corrected chi connectivity index (χ3v) is 6.46. The van der Waals surface area contributed by atoms with Crippen LogP contribution in [0.15, 0.2) is 17.0 Å². The Balaban J connectivity index is 2.56. The third kappa shape index (κ3) is 3.66. The quantitative estimate of drug-likeness (QED) is 0.722. The predicted octanol–water partition coefficient (Wildman–Crippen LogP) is 0.571. The Hall–Kier alpha value is -1.35. The smallest absolute Gasteiger partial charge is 0.244 e. The second-order valence-corrected chi connectivity index (χ2v) is 7.59. The summed E-state index contributed by atoms with van der Waals surface area (Å²) in [5.74, 6) is -1.44. The summed E-state index contributed by atoms with van der Waals surface area (Å²) in [7, 11) is -3.87. The molecule has 1 fully saturated rings. The van der Waals surface area contributed by atoms with Crippen LogP contribution in [0.1, 0.15) is 24.2 Å². The molecular formula is C15H20ClN2O5S-. The Bertz CT molecular complexity index is 713. The third-order valence-electron chi connectivity index (χ3n) is 3.95. The summed E-state index contributed by atoms with van der Waals surface area (Å²) in [6.45, 7) is 5.86. The average molecular weight is 376 g/mol. The van der Waals surface area contributed by atoms with Crippen LogP contribution in [0.2, 0.25) is 5.02 Å². The number of anilines is 1. The number of ether oxygens (including phenoxy) is 1. The minimum atomic E-state index is -3.87. The number of hydrogen-bond acceptors (Lipinski definition) is 6. The molecule has 1 saturated heterocycles. The van der Waals surface area contributed by atoms with Crippen molar-refractivity contribution in [1.29, 1.82) is 0 Å². The maximum Gasteiger partial charge on any atom is 0.244 e. The fourth-order valence-corrected chi connectivity index (χ4v) is 4.65. The zero-order chi connectivity index (χ0) is 17.9. The van der Waals surface area contributed by atoms with Gasteiger partial charge in [-0.1, -0.05) is 25.4 Å². The highest BCUT2D eigenvalue weighted by Crippen LogP contribution is 2.33. The molecule has 0 N–H and O–H groups in total. The van der Waals surface area contributed by atoms with E-state index in [-0.39, 0.29) is 28.6 Å². The number of morpholine rings is 1. The van der Waals surface area contributed by atoms with E-state index in [1.165, 1.54) is 10.4 Å². The van der Waals surface area contributed by atoms with E-state index in [0.29, 0.717) is 32.0 Å². The summed E-state index contributed by atoms with van der Waals surface area (Å²) in [4.78, 5) is 13.1. The van der Waals surface area contributed by atoms with Gasteiger partial charge in [0.15, 0.2) is 0 Å². The van der Waals surface area contributed by atoms with Gasteiger partial charge in [0.1, 0.15) is 4.90 Å². The molecule has 0 spiro atoms. The van der Waals surface area contributed by atoms with E-state index in [9.17, 15) is 18.3 Å². The lowest BCUT2D eigenvalue weighted by molar-refractivity contribution is -0.255. The molecule has 0 atom stereocenters. The van der Waals surface area contributed by atoms with E-state index in [1.54, 1.807) is 18.7 Å². The van der Waals surface area contributed by atoms with Gasteiger partial charge in [0.25, 0.3) is 0 Å². The van der Waals surface area contributed by atoms with Gasteiger partial charge in [-0.25, -0.2) is 8.42 Å². The van der Waals surface area contributed by atoms with Crippen LogP contribution in [0.3, 0.4) is 0 Å². The van der Waals surface area contributed by atoms with E-state index in [2.05, 4.69) is 0 Å². The van der Waals surface area contributed by atoms with Gasteiger partial charge in [-0.2, -0.15) is 4.31 Å².